The van der Waals surface area contributed by atoms with Crippen LogP contribution >= 0.6 is 0 Å². The number of amides is 3. The number of ether oxygens (including phenoxy) is 1. The molecule has 1 aliphatic rings. The summed E-state index contributed by atoms with van der Waals surface area (Å²) in [7, 11) is 0. The van der Waals surface area contributed by atoms with Gasteiger partial charge in [0.15, 0.2) is 0 Å². The third-order valence-corrected chi connectivity index (χ3v) is 3.14. The van der Waals surface area contributed by atoms with E-state index in [-0.39, 0.29) is 6.03 Å². The van der Waals surface area contributed by atoms with Crippen molar-refractivity contribution in [3.05, 3.63) is 24.3 Å². The number of urea groups is 1. The van der Waals surface area contributed by atoms with Gasteiger partial charge in [-0.2, -0.15) is 0 Å². The van der Waals surface area contributed by atoms with E-state index >= 15 is 0 Å². The van der Waals surface area contributed by atoms with Gasteiger partial charge in [-0.05, 0) is 39.0 Å². The second-order valence-electron chi connectivity index (χ2n) is 6.29. The maximum Gasteiger partial charge on any atom is 0.407 e. The van der Waals surface area contributed by atoms with Crippen molar-refractivity contribution in [1.82, 2.24) is 10.6 Å². The van der Waals surface area contributed by atoms with Gasteiger partial charge < -0.3 is 20.7 Å². The molecule has 1 aromatic rings. The van der Waals surface area contributed by atoms with Crippen LogP contribution in [0.2, 0.25) is 0 Å². The first-order valence-electron chi connectivity index (χ1n) is 7.71. The molecule has 2 rings (SSSR count). The van der Waals surface area contributed by atoms with Gasteiger partial charge in [0.25, 0.3) is 0 Å². The van der Waals surface area contributed by atoms with Crippen LogP contribution in [0.4, 0.5) is 21.0 Å². The van der Waals surface area contributed by atoms with Crippen molar-refractivity contribution >= 4 is 23.5 Å². The average molecular weight is 320 g/mol. The molecule has 0 radical (unpaired) electrons. The molecule has 0 aliphatic carbocycles. The van der Waals surface area contributed by atoms with Crippen molar-refractivity contribution in [2.75, 3.05) is 36.4 Å². The number of carbonyl (C=O) groups is 2. The highest BCUT2D eigenvalue weighted by Crippen LogP contribution is 2.20. The molecule has 0 bridgehead atoms. The predicted octanol–water partition coefficient (Wildman–Crippen LogP) is 2.15. The number of nitrogens with zero attached hydrogens (tertiary/aromatic N) is 1. The maximum atomic E-state index is 11.7. The number of nitrogens with one attached hydrogen (secondary N) is 3. The Morgan fingerprint density at radius 2 is 2.13 bits per heavy atom. The van der Waals surface area contributed by atoms with Gasteiger partial charge in [0.05, 0.1) is 0 Å². The molecule has 7 nitrogen and oxygen atoms in total. The maximum absolute atomic E-state index is 11.7. The summed E-state index contributed by atoms with van der Waals surface area (Å²) in [6, 6.07) is 7.55. The lowest BCUT2D eigenvalue weighted by Gasteiger charge is -2.20. The van der Waals surface area contributed by atoms with E-state index in [2.05, 4.69) is 16.0 Å². The van der Waals surface area contributed by atoms with Gasteiger partial charge in [-0.1, -0.05) is 6.07 Å². The molecule has 1 aromatic carbocycles. The normalized spacial score (nSPS) is 14.4. The van der Waals surface area contributed by atoms with Crippen LogP contribution in [-0.4, -0.2) is 43.9 Å². The molecule has 0 spiro atoms. The average Bonchev–Trinajstić information content (AvgIpc) is 2.88. The fourth-order valence-electron chi connectivity index (χ4n) is 2.19. The zero-order valence-corrected chi connectivity index (χ0v) is 13.8. The van der Waals surface area contributed by atoms with Crippen molar-refractivity contribution in [1.29, 1.82) is 0 Å². The molecule has 1 saturated heterocycles. The molecule has 7 heteroatoms. The number of hydrogen-bond donors (Lipinski definition) is 3. The number of alkyl carbamates (subject to hydrolysis) is 1. The fourth-order valence-corrected chi connectivity index (χ4v) is 2.19. The van der Waals surface area contributed by atoms with Gasteiger partial charge >= 0.3 is 12.1 Å². The largest absolute Gasteiger partial charge is 0.444 e. The number of anilines is 2. The highest BCUT2D eigenvalue weighted by atomic mass is 16.6. The van der Waals surface area contributed by atoms with Gasteiger partial charge in [0.1, 0.15) is 5.60 Å². The third kappa shape index (κ3) is 5.36. The summed E-state index contributed by atoms with van der Waals surface area (Å²) in [4.78, 5) is 24.9. The van der Waals surface area contributed by atoms with E-state index in [1.165, 1.54) is 0 Å². The Balaban J connectivity index is 1.78. The van der Waals surface area contributed by atoms with Gasteiger partial charge in [0.2, 0.25) is 0 Å². The van der Waals surface area contributed by atoms with Gasteiger partial charge in [-0.25, -0.2) is 9.59 Å². The Morgan fingerprint density at radius 1 is 1.35 bits per heavy atom. The van der Waals surface area contributed by atoms with Crippen LogP contribution in [0, 0.1) is 0 Å². The molecule has 1 aliphatic heterocycles. The minimum absolute atomic E-state index is 0.0752. The Hall–Kier alpha value is -2.44. The Bertz CT molecular complexity index is 569. The van der Waals surface area contributed by atoms with Crippen LogP contribution in [0.25, 0.3) is 0 Å². The topological polar surface area (TPSA) is 82.7 Å². The molecular formula is C16H24N4O3. The molecule has 23 heavy (non-hydrogen) atoms. The van der Waals surface area contributed by atoms with Crippen LogP contribution in [0.5, 0.6) is 0 Å². The fraction of sp³-hybridized carbons (Fsp3) is 0.500. The summed E-state index contributed by atoms with van der Waals surface area (Å²) in [6.45, 7) is 7.82. The van der Waals surface area contributed by atoms with Gasteiger partial charge in [-0.15, -0.1) is 0 Å². The monoisotopic (exact) mass is 320 g/mol. The van der Waals surface area contributed by atoms with Crippen LogP contribution in [-0.2, 0) is 4.74 Å². The molecule has 0 saturated carbocycles. The molecule has 1 heterocycles. The summed E-state index contributed by atoms with van der Waals surface area (Å²) < 4.78 is 5.16. The van der Waals surface area contributed by atoms with E-state index in [9.17, 15) is 9.59 Å². The standard InChI is InChI=1S/C16H24N4O3/c1-16(2,3)23-15(22)19-8-7-17-12-5-4-6-13(11-12)20-10-9-18-14(20)21/h4-6,11,17H,7-10H2,1-3H3,(H,18,21)(H,19,22). The SMILES string of the molecule is CC(C)(C)OC(=O)NCCNc1cccc(N2CCNC2=O)c1. The Morgan fingerprint density at radius 3 is 2.78 bits per heavy atom. The predicted molar refractivity (Wildman–Crippen MR) is 89.9 cm³/mol. The highest BCUT2D eigenvalue weighted by molar-refractivity contribution is 5.94. The summed E-state index contributed by atoms with van der Waals surface area (Å²) in [6.07, 6.45) is -0.429. The van der Waals surface area contributed by atoms with Crippen LogP contribution in [0.3, 0.4) is 0 Å². The van der Waals surface area contributed by atoms with Crippen molar-refractivity contribution in [3.8, 4) is 0 Å². The Kier molecular flexibility index (Phi) is 5.31. The molecular weight excluding hydrogens is 296 g/mol. The first-order chi connectivity index (χ1) is 10.8. The Labute approximate surface area is 136 Å². The van der Waals surface area contributed by atoms with E-state index < -0.39 is 11.7 Å². The number of rotatable bonds is 5. The minimum Gasteiger partial charge on any atom is -0.444 e. The van der Waals surface area contributed by atoms with E-state index in [4.69, 9.17) is 4.74 Å². The first kappa shape index (κ1) is 16.9. The number of hydrogen-bond acceptors (Lipinski definition) is 4. The van der Waals surface area contributed by atoms with E-state index in [0.29, 0.717) is 26.2 Å². The number of benzene rings is 1. The summed E-state index contributed by atoms with van der Waals surface area (Å²) in [5.74, 6) is 0. The third-order valence-electron chi connectivity index (χ3n) is 3.14. The summed E-state index contributed by atoms with van der Waals surface area (Å²) in [5, 5.41) is 8.68. The van der Waals surface area contributed by atoms with Crippen LogP contribution < -0.4 is 20.9 Å². The summed E-state index contributed by atoms with van der Waals surface area (Å²) in [5.41, 5.74) is 1.25. The van der Waals surface area contributed by atoms with Gasteiger partial charge in [-0.3, -0.25) is 4.90 Å². The van der Waals surface area contributed by atoms with Crippen LogP contribution in [0.15, 0.2) is 24.3 Å². The van der Waals surface area contributed by atoms with Crippen LogP contribution in [0.1, 0.15) is 20.8 Å². The molecule has 0 unspecified atom stereocenters. The second kappa shape index (κ2) is 7.21. The van der Waals surface area contributed by atoms with E-state index in [1.807, 2.05) is 45.0 Å². The van der Waals surface area contributed by atoms with Crippen molar-refractivity contribution < 1.29 is 14.3 Å². The molecule has 3 N–H and O–H groups in total. The molecule has 0 aromatic heterocycles. The summed E-state index contributed by atoms with van der Waals surface area (Å²) >= 11 is 0. The minimum atomic E-state index is -0.498. The molecule has 1 fully saturated rings. The van der Waals surface area contributed by atoms with Crippen molar-refractivity contribution in [3.63, 3.8) is 0 Å². The molecule has 3 amide bonds. The van der Waals surface area contributed by atoms with Gasteiger partial charge in [0, 0.05) is 37.6 Å². The van der Waals surface area contributed by atoms with E-state index in [0.717, 1.165) is 11.4 Å². The quantitative estimate of drug-likeness (QED) is 0.726. The first-order valence-corrected chi connectivity index (χ1v) is 7.71. The number of carbonyl (C=O) groups excluding carboxylic acids is 2. The zero-order valence-electron chi connectivity index (χ0n) is 13.8. The lowest BCUT2D eigenvalue weighted by molar-refractivity contribution is 0.0530. The van der Waals surface area contributed by atoms with Crippen molar-refractivity contribution in [2.24, 2.45) is 0 Å². The lowest BCUT2D eigenvalue weighted by atomic mass is 10.2. The lowest BCUT2D eigenvalue weighted by Crippen LogP contribution is -2.35. The molecule has 0 atom stereocenters. The second-order valence-corrected chi connectivity index (χ2v) is 6.29. The zero-order chi connectivity index (χ0) is 16.9. The highest BCUT2D eigenvalue weighted by Gasteiger charge is 2.21. The van der Waals surface area contributed by atoms with Crippen molar-refractivity contribution in [2.45, 2.75) is 26.4 Å². The molecule has 126 valence electrons. The smallest absolute Gasteiger partial charge is 0.407 e. The van der Waals surface area contributed by atoms with E-state index in [1.54, 1.807) is 4.90 Å².